The summed E-state index contributed by atoms with van der Waals surface area (Å²) >= 11 is 6.00. The second kappa shape index (κ2) is 7.21. The molecule has 1 aliphatic rings. The van der Waals surface area contributed by atoms with Crippen LogP contribution >= 0.6 is 11.6 Å². The predicted molar refractivity (Wildman–Crippen MR) is 99.4 cm³/mol. The van der Waals surface area contributed by atoms with Crippen molar-refractivity contribution in [3.8, 4) is 11.5 Å². The number of hydrogen-bond donors (Lipinski definition) is 0. The molecule has 2 aromatic carbocycles. The van der Waals surface area contributed by atoms with Gasteiger partial charge in [0.2, 0.25) is 5.78 Å². The number of Topliss-reactive ketones (excluding diaryl/α,β-unsaturated/α-hetero) is 1. The van der Waals surface area contributed by atoms with Crippen LogP contribution in [0.5, 0.6) is 11.5 Å². The highest BCUT2D eigenvalue weighted by molar-refractivity contribution is 6.31. The van der Waals surface area contributed by atoms with E-state index in [4.69, 9.17) is 21.1 Å². The Morgan fingerprint density at radius 3 is 2.70 bits per heavy atom. The van der Waals surface area contributed by atoms with Crippen molar-refractivity contribution in [2.75, 3.05) is 0 Å². The third-order valence-electron chi connectivity index (χ3n) is 4.05. The lowest BCUT2D eigenvalue weighted by Gasteiger charge is -2.08. The first-order valence-electron chi connectivity index (χ1n) is 8.15. The van der Waals surface area contributed by atoms with Crippen LogP contribution in [0.25, 0.3) is 6.08 Å². The third kappa shape index (κ3) is 3.68. The molecule has 4 nitrogen and oxygen atoms in total. The summed E-state index contributed by atoms with van der Waals surface area (Å²) in [6.07, 6.45) is 4.96. The molecule has 0 unspecified atom stereocenters. The largest absolute Gasteiger partial charge is 0.489 e. The Bertz CT molecular complexity index is 1050. The fourth-order valence-electron chi connectivity index (χ4n) is 2.67. The summed E-state index contributed by atoms with van der Waals surface area (Å²) in [5, 5.41) is 0.296. The maximum Gasteiger partial charge on any atom is 0.231 e. The van der Waals surface area contributed by atoms with Gasteiger partial charge in [0.25, 0.3) is 0 Å². The van der Waals surface area contributed by atoms with E-state index < -0.39 is 5.82 Å². The summed E-state index contributed by atoms with van der Waals surface area (Å²) in [6.45, 7) is 0.172. The number of ether oxygens (including phenoxy) is 2. The van der Waals surface area contributed by atoms with Crippen molar-refractivity contribution in [3.05, 3.63) is 94.2 Å². The van der Waals surface area contributed by atoms with Crippen LogP contribution in [0.1, 0.15) is 21.5 Å². The average Bonchev–Trinajstić information content (AvgIpc) is 2.97. The highest BCUT2D eigenvalue weighted by Crippen LogP contribution is 2.35. The van der Waals surface area contributed by atoms with Crippen LogP contribution < -0.4 is 9.47 Å². The van der Waals surface area contributed by atoms with Gasteiger partial charge in [-0.05, 0) is 48.0 Å². The van der Waals surface area contributed by atoms with Gasteiger partial charge in [-0.15, -0.1) is 0 Å². The Kier molecular flexibility index (Phi) is 4.60. The number of hydrogen-bond acceptors (Lipinski definition) is 4. The second-order valence-electron chi connectivity index (χ2n) is 5.90. The van der Waals surface area contributed by atoms with E-state index in [1.54, 1.807) is 54.9 Å². The van der Waals surface area contributed by atoms with Crippen LogP contribution in [0.15, 0.2) is 66.7 Å². The minimum Gasteiger partial charge on any atom is -0.489 e. The van der Waals surface area contributed by atoms with Gasteiger partial charge < -0.3 is 9.47 Å². The summed E-state index contributed by atoms with van der Waals surface area (Å²) in [7, 11) is 0. The quantitative estimate of drug-likeness (QED) is 0.592. The molecule has 0 amide bonds. The molecule has 6 heteroatoms. The van der Waals surface area contributed by atoms with Gasteiger partial charge in [-0.25, -0.2) is 4.39 Å². The summed E-state index contributed by atoms with van der Waals surface area (Å²) in [5.41, 5.74) is 1.96. The van der Waals surface area contributed by atoms with Crippen molar-refractivity contribution in [2.24, 2.45) is 0 Å². The molecule has 0 aliphatic carbocycles. The van der Waals surface area contributed by atoms with E-state index in [0.717, 1.165) is 5.56 Å². The molecule has 0 spiro atoms. The number of allylic oxidation sites excluding steroid dienone is 1. The number of benzene rings is 2. The minimum atomic E-state index is -0.401. The van der Waals surface area contributed by atoms with Crippen LogP contribution in [-0.4, -0.2) is 10.8 Å². The summed E-state index contributed by atoms with van der Waals surface area (Å²) < 4.78 is 24.5. The van der Waals surface area contributed by atoms with Crippen molar-refractivity contribution in [1.82, 2.24) is 4.98 Å². The summed E-state index contributed by atoms with van der Waals surface area (Å²) in [5.74, 6) is 0.613. The zero-order valence-corrected chi connectivity index (χ0v) is 14.7. The van der Waals surface area contributed by atoms with Crippen LogP contribution in [-0.2, 0) is 6.61 Å². The summed E-state index contributed by atoms with van der Waals surface area (Å²) in [6, 6.07) is 12.7. The molecular formula is C21H13ClFNO3. The number of pyridine rings is 1. The molecule has 0 bridgehead atoms. The molecule has 0 saturated heterocycles. The SMILES string of the molecule is O=C1/C(=C/c2ccncc2)Oc2cc(OCc3ccc(F)cc3Cl)ccc21. The molecule has 0 radical (unpaired) electrons. The first-order chi connectivity index (χ1) is 13.1. The molecule has 0 atom stereocenters. The number of nitrogens with zero attached hydrogens (tertiary/aromatic N) is 1. The predicted octanol–water partition coefficient (Wildman–Crippen LogP) is 5.07. The molecule has 1 aromatic heterocycles. The molecular weight excluding hydrogens is 369 g/mol. The van der Waals surface area contributed by atoms with E-state index in [1.165, 1.54) is 12.1 Å². The number of carbonyl (C=O) groups is 1. The molecule has 0 N–H and O–H groups in total. The number of carbonyl (C=O) groups excluding carboxylic acids is 1. The Morgan fingerprint density at radius 2 is 1.93 bits per heavy atom. The number of fused-ring (bicyclic) bond motifs is 1. The van der Waals surface area contributed by atoms with Crippen LogP contribution in [0.4, 0.5) is 4.39 Å². The maximum absolute atomic E-state index is 13.1. The van der Waals surface area contributed by atoms with E-state index in [0.29, 0.717) is 27.6 Å². The smallest absolute Gasteiger partial charge is 0.231 e. The van der Waals surface area contributed by atoms with E-state index in [2.05, 4.69) is 4.98 Å². The maximum atomic E-state index is 13.1. The minimum absolute atomic E-state index is 0.172. The van der Waals surface area contributed by atoms with Crippen molar-refractivity contribution >= 4 is 23.5 Å². The van der Waals surface area contributed by atoms with Gasteiger partial charge in [0.05, 0.1) is 10.6 Å². The van der Waals surface area contributed by atoms with Gasteiger partial charge in [0, 0.05) is 24.0 Å². The third-order valence-corrected chi connectivity index (χ3v) is 4.41. The highest BCUT2D eigenvalue weighted by Gasteiger charge is 2.27. The number of halogens is 2. The van der Waals surface area contributed by atoms with Crippen LogP contribution in [0.3, 0.4) is 0 Å². The molecule has 27 heavy (non-hydrogen) atoms. The lowest BCUT2D eigenvalue weighted by atomic mass is 10.1. The van der Waals surface area contributed by atoms with E-state index in [9.17, 15) is 9.18 Å². The van der Waals surface area contributed by atoms with Crippen molar-refractivity contribution < 1.29 is 18.7 Å². The monoisotopic (exact) mass is 381 g/mol. The Labute approximate surface area is 159 Å². The number of ketones is 1. The molecule has 4 rings (SSSR count). The van der Waals surface area contributed by atoms with Gasteiger partial charge in [-0.2, -0.15) is 0 Å². The Hall–Kier alpha value is -3.18. The van der Waals surface area contributed by atoms with Crippen LogP contribution in [0.2, 0.25) is 5.02 Å². The summed E-state index contributed by atoms with van der Waals surface area (Å²) in [4.78, 5) is 16.4. The van der Waals surface area contributed by atoms with Gasteiger partial charge >= 0.3 is 0 Å². The fraction of sp³-hybridized carbons (Fsp3) is 0.0476. The van der Waals surface area contributed by atoms with Gasteiger partial charge in [0.15, 0.2) is 5.76 Å². The average molecular weight is 382 g/mol. The van der Waals surface area contributed by atoms with Crippen molar-refractivity contribution in [2.45, 2.75) is 6.61 Å². The zero-order chi connectivity index (χ0) is 18.8. The lowest BCUT2D eigenvalue weighted by Crippen LogP contribution is -1.98. The van der Waals surface area contributed by atoms with E-state index >= 15 is 0 Å². The van der Waals surface area contributed by atoms with Gasteiger partial charge in [-0.3, -0.25) is 9.78 Å². The standard InChI is InChI=1S/C21H13ClFNO3/c22-18-10-15(23)2-1-14(18)12-26-16-3-4-17-19(11-16)27-20(21(17)25)9-13-5-7-24-8-6-13/h1-11H,12H2/b20-9-. The normalized spacial score (nSPS) is 14.1. The van der Waals surface area contributed by atoms with E-state index in [-0.39, 0.29) is 18.1 Å². The number of aromatic nitrogens is 1. The van der Waals surface area contributed by atoms with Crippen molar-refractivity contribution in [1.29, 1.82) is 0 Å². The second-order valence-corrected chi connectivity index (χ2v) is 6.31. The van der Waals surface area contributed by atoms with Crippen molar-refractivity contribution in [3.63, 3.8) is 0 Å². The first kappa shape index (κ1) is 17.2. The Balaban J connectivity index is 1.51. The zero-order valence-electron chi connectivity index (χ0n) is 14.0. The number of rotatable bonds is 4. The molecule has 2 heterocycles. The van der Waals surface area contributed by atoms with E-state index in [1.807, 2.05) is 0 Å². The molecule has 1 aliphatic heterocycles. The first-order valence-corrected chi connectivity index (χ1v) is 8.53. The highest BCUT2D eigenvalue weighted by atomic mass is 35.5. The van der Waals surface area contributed by atoms with Crippen LogP contribution in [0, 0.1) is 5.82 Å². The fourth-order valence-corrected chi connectivity index (χ4v) is 2.89. The molecule has 3 aromatic rings. The van der Waals surface area contributed by atoms with Gasteiger partial charge in [0.1, 0.15) is 23.9 Å². The lowest BCUT2D eigenvalue weighted by molar-refractivity contribution is 0.101. The Morgan fingerprint density at radius 1 is 1.11 bits per heavy atom. The molecule has 0 fully saturated rings. The molecule has 0 saturated carbocycles. The topological polar surface area (TPSA) is 48.4 Å². The van der Waals surface area contributed by atoms with Gasteiger partial charge in [-0.1, -0.05) is 17.7 Å². The molecule has 134 valence electrons.